The van der Waals surface area contributed by atoms with E-state index in [9.17, 15) is 4.79 Å². The highest BCUT2D eigenvalue weighted by molar-refractivity contribution is 5.99. The molecule has 2 aromatic rings. The number of rotatable bonds is 4. The van der Waals surface area contributed by atoms with Crippen molar-refractivity contribution in [2.45, 2.75) is 13.5 Å². The van der Waals surface area contributed by atoms with Gasteiger partial charge in [-0.1, -0.05) is 17.3 Å². The van der Waals surface area contributed by atoms with E-state index in [0.29, 0.717) is 23.9 Å². The summed E-state index contributed by atoms with van der Waals surface area (Å²) in [4.78, 5) is 11.7. The molecule has 100 valence electrons. The van der Waals surface area contributed by atoms with Crippen molar-refractivity contribution in [2.75, 3.05) is 17.7 Å². The summed E-state index contributed by atoms with van der Waals surface area (Å²) in [5, 5.41) is 8.97. The second-order valence-electron chi connectivity index (χ2n) is 4.04. The van der Waals surface area contributed by atoms with Gasteiger partial charge >= 0.3 is 6.03 Å². The van der Waals surface area contributed by atoms with Gasteiger partial charge in [-0.2, -0.15) is 0 Å². The molecule has 6 nitrogen and oxygen atoms in total. The third kappa shape index (κ3) is 3.82. The van der Waals surface area contributed by atoms with Gasteiger partial charge in [-0.05, 0) is 24.6 Å². The molecule has 2 rings (SSSR count). The number of amides is 2. The van der Waals surface area contributed by atoms with E-state index in [1.807, 2.05) is 18.2 Å². The highest BCUT2D eigenvalue weighted by Crippen LogP contribution is 2.12. The molecule has 1 aromatic carbocycles. The Bertz CT molecular complexity index is 566. The van der Waals surface area contributed by atoms with Crippen LogP contribution in [-0.4, -0.2) is 18.3 Å². The first-order valence-electron chi connectivity index (χ1n) is 5.76. The van der Waals surface area contributed by atoms with Gasteiger partial charge in [-0.3, -0.25) is 5.32 Å². The van der Waals surface area contributed by atoms with Crippen LogP contribution in [0.25, 0.3) is 0 Å². The second-order valence-corrected chi connectivity index (χ2v) is 4.04. The summed E-state index contributed by atoms with van der Waals surface area (Å²) in [7, 11) is 1.62. The molecule has 0 atom stereocenters. The van der Waals surface area contributed by atoms with Gasteiger partial charge in [0.1, 0.15) is 5.76 Å². The van der Waals surface area contributed by atoms with Gasteiger partial charge in [-0.25, -0.2) is 4.79 Å². The van der Waals surface area contributed by atoms with Crippen LogP contribution in [0.2, 0.25) is 0 Å². The van der Waals surface area contributed by atoms with Gasteiger partial charge in [0.15, 0.2) is 5.82 Å². The molecule has 19 heavy (non-hydrogen) atoms. The molecule has 0 bridgehead atoms. The van der Waals surface area contributed by atoms with Crippen molar-refractivity contribution in [2.24, 2.45) is 0 Å². The third-order valence-corrected chi connectivity index (χ3v) is 2.37. The van der Waals surface area contributed by atoms with Crippen LogP contribution in [0.3, 0.4) is 0 Å². The fraction of sp³-hybridized carbons (Fsp3) is 0.231. The number of urea groups is 1. The van der Waals surface area contributed by atoms with E-state index < -0.39 is 0 Å². The predicted molar refractivity (Wildman–Crippen MR) is 71.0 cm³/mol. The second kappa shape index (κ2) is 6.01. The number of aryl methyl sites for hydroxylation is 1. The number of carbonyl (C=O) groups excluding carboxylic acids is 1. The largest absolute Gasteiger partial charge is 0.380 e. The number of ether oxygens (including phenoxy) is 1. The van der Waals surface area contributed by atoms with Crippen LogP contribution < -0.4 is 10.6 Å². The molecule has 0 radical (unpaired) electrons. The van der Waals surface area contributed by atoms with Crippen molar-refractivity contribution in [1.29, 1.82) is 0 Å². The van der Waals surface area contributed by atoms with Crippen LogP contribution in [0.4, 0.5) is 16.3 Å². The summed E-state index contributed by atoms with van der Waals surface area (Å²) >= 11 is 0. The lowest BCUT2D eigenvalue weighted by molar-refractivity contribution is 0.185. The standard InChI is InChI=1S/C13H15N3O3/c1-9-6-12(16-19-9)15-13(17)14-11-5-3-4-10(7-11)8-18-2/h3-7H,8H2,1-2H3,(H2,14,15,16,17). The first kappa shape index (κ1) is 13.1. The van der Waals surface area contributed by atoms with E-state index in [-0.39, 0.29) is 6.03 Å². The fourth-order valence-corrected chi connectivity index (χ4v) is 1.61. The molecule has 0 saturated carbocycles. The van der Waals surface area contributed by atoms with Gasteiger partial charge in [0, 0.05) is 18.9 Å². The quantitative estimate of drug-likeness (QED) is 0.887. The molecule has 1 heterocycles. The predicted octanol–water partition coefficient (Wildman–Crippen LogP) is 2.77. The molecule has 0 spiro atoms. The van der Waals surface area contributed by atoms with E-state index in [4.69, 9.17) is 9.26 Å². The topological polar surface area (TPSA) is 76.4 Å². The molecule has 2 amide bonds. The number of nitrogens with zero attached hydrogens (tertiary/aromatic N) is 1. The number of hydrogen-bond acceptors (Lipinski definition) is 4. The van der Waals surface area contributed by atoms with Crippen LogP contribution in [0.15, 0.2) is 34.9 Å². The minimum absolute atomic E-state index is 0.372. The summed E-state index contributed by atoms with van der Waals surface area (Å²) in [6.07, 6.45) is 0. The van der Waals surface area contributed by atoms with Gasteiger partial charge in [0.05, 0.1) is 6.61 Å². The molecule has 0 fully saturated rings. The molecule has 0 unspecified atom stereocenters. The van der Waals surface area contributed by atoms with Gasteiger partial charge in [-0.15, -0.1) is 0 Å². The average molecular weight is 261 g/mol. The third-order valence-electron chi connectivity index (χ3n) is 2.37. The Morgan fingerprint density at radius 2 is 2.21 bits per heavy atom. The van der Waals surface area contributed by atoms with E-state index in [1.165, 1.54) is 0 Å². The minimum atomic E-state index is -0.372. The van der Waals surface area contributed by atoms with E-state index in [2.05, 4.69) is 15.8 Å². The lowest BCUT2D eigenvalue weighted by Gasteiger charge is -2.07. The lowest BCUT2D eigenvalue weighted by Crippen LogP contribution is -2.19. The Morgan fingerprint density at radius 1 is 1.37 bits per heavy atom. The zero-order valence-electron chi connectivity index (χ0n) is 10.8. The van der Waals surface area contributed by atoms with E-state index >= 15 is 0 Å². The monoisotopic (exact) mass is 261 g/mol. The molecule has 0 aliphatic carbocycles. The molecular formula is C13H15N3O3. The molecule has 0 aliphatic rings. The van der Waals surface area contributed by atoms with Crippen LogP contribution in [0.5, 0.6) is 0 Å². The number of aromatic nitrogens is 1. The molecule has 0 saturated heterocycles. The summed E-state index contributed by atoms with van der Waals surface area (Å²) < 4.78 is 9.89. The first-order chi connectivity index (χ1) is 9.17. The minimum Gasteiger partial charge on any atom is -0.380 e. The maximum atomic E-state index is 11.7. The van der Waals surface area contributed by atoms with Crippen molar-refractivity contribution >= 4 is 17.5 Å². The lowest BCUT2D eigenvalue weighted by atomic mass is 10.2. The summed E-state index contributed by atoms with van der Waals surface area (Å²) in [6, 6.07) is 8.69. The Hall–Kier alpha value is -2.34. The van der Waals surface area contributed by atoms with Crippen LogP contribution in [0, 0.1) is 6.92 Å². The zero-order valence-corrected chi connectivity index (χ0v) is 10.8. The Labute approximate surface area is 110 Å². The number of carbonyl (C=O) groups is 1. The number of benzene rings is 1. The van der Waals surface area contributed by atoms with Crippen LogP contribution >= 0.6 is 0 Å². The number of anilines is 2. The normalized spacial score (nSPS) is 10.2. The Kier molecular flexibility index (Phi) is 4.15. The van der Waals surface area contributed by atoms with Crippen molar-refractivity contribution in [3.8, 4) is 0 Å². The van der Waals surface area contributed by atoms with Crippen LogP contribution in [0.1, 0.15) is 11.3 Å². The highest BCUT2D eigenvalue weighted by atomic mass is 16.5. The van der Waals surface area contributed by atoms with E-state index in [0.717, 1.165) is 5.56 Å². The summed E-state index contributed by atoms with van der Waals surface area (Å²) in [5.74, 6) is 1.01. The number of methoxy groups -OCH3 is 1. The van der Waals surface area contributed by atoms with Gasteiger partial charge < -0.3 is 14.6 Å². The number of hydrogen-bond donors (Lipinski definition) is 2. The summed E-state index contributed by atoms with van der Waals surface area (Å²) in [5.41, 5.74) is 1.67. The fourth-order valence-electron chi connectivity index (χ4n) is 1.61. The average Bonchev–Trinajstić information content (AvgIpc) is 2.75. The van der Waals surface area contributed by atoms with Crippen molar-refractivity contribution in [3.05, 3.63) is 41.7 Å². The molecule has 0 aliphatic heterocycles. The van der Waals surface area contributed by atoms with Crippen molar-refractivity contribution in [3.63, 3.8) is 0 Å². The summed E-state index contributed by atoms with van der Waals surface area (Å²) in [6.45, 7) is 2.25. The Morgan fingerprint density at radius 3 is 2.89 bits per heavy atom. The first-order valence-corrected chi connectivity index (χ1v) is 5.76. The zero-order chi connectivity index (χ0) is 13.7. The molecule has 2 N–H and O–H groups in total. The smallest absolute Gasteiger partial charge is 0.324 e. The van der Waals surface area contributed by atoms with Gasteiger partial charge in [0.2, 0.25) is 0 Å². The SMILES string of the molecule is COCc1cccc(NC(=O)Nc2cc(C)on2)c1. The maximum Gasteiger partial charge on any atom is 0.324 e. The van der Waals surface area contributed by atoms with Crippen LogP contribution in [-0.2, 0) is 11.3 Å². The van der Waals surface area contributed by atoms with Crippen molar-refractivity contribution < 1.29 is 14.1 Å². The highest BCUT2D eigenvalue weighted by Gasteiger charge is 2.06. The van der Waals surface area contributed by atoms with Gasteiger partial charge in [0.25, 0.3) is 0 Å². The maximum absolute atomic E-state index is 11.7. The molecular weight excluding hydrogens is 246 g/mol. The Balaban J connectivity index is 1.96. The number of nitrogens with one attached hydrogen (secondary N) is 2. The van der Waals surface area contributed by atoms with E-state index in [1.54, 1.807) is 26.2 Å². The molecule has 1 aromatic heterocycles. The molecule has 6 heteroatoms. The van der Waals surface area contributed by atoms with Crippen molar-refractivity contribution in [1.82, 2.24) is 5.16 Å².